The molecule has 0 radical (unpaired) electrons. The van der Waals surface area contributed by atoms with Crippen molar-refractivity contribution in [3.63, 3.8) is 0 Å². The number of anilines is 1. The van der Waals surface area contributed by atoms with Gasteiger partial charge in [0.2, 0.25) is 0 Å². The molecule has 1 aliphatic rings. The Morgan fingerprint density at radius 1 is 1.35 bits per heavy atom. The van der Waals surface area contributed by atoms with Crippen LogP contribution in [0.4, 0.5) is 10.5 Å². The summed E-state index contributed by atoms with van der Waals surface area (Å²) >= 11 is 0. The summed E-state index contributed by atoms with van der Waals surface area (Å²) in [4.78, 5) is 14.3. The van der Waals surface area contributed by atoms with E-state index in [2.05, 4.69) is 26.0 Å². The standard InChI is InChI=1S/C21H31N3O2/c1-20(2,3)26-19(25)24-14-21(4,5)17-13-15(9-11-18(17)24)8-10-16(23)7-6-12-22/h6-7,9,11-13H,8,10,14,22-23H2,1-5H3/b12-6-,16-7-. The van der Waals surface area contributed by atoms with Gasteiger partial charge < -0.3 is 16.2 Å². The van der Waals surface area contributed by atoms with Gasteiger partial charge >= 0.3 is 6.09 Å². The Hall–Kier alpha value is -2.43. The summed E-state index contributed by atoms with van der Waals surface area (Å²) in [7, 11) is 0. The molecule has 0 saturated carbocycles. The lowest BCUT2D eigenvalue weighted by Gasteiger charge is -2.25. The molecule has 26 heavy (non-hydrogen) atoms. The predicted molar refractivity (Wildman–Crippen MR) is 107 cm³/mol. The summed E-state index contributed by atoms with van der Waals surface area (Å²) in [6.07, 6.45) is 6.34. The second kappa shape index (κ2) is 7.44. The maximum absolute atomic E-state index is 12.6. The fourth-order valence-electron chi connectivity index (χ4n) is 3.11. The van der Waals surface area contributed by atoms with Crippen LogP contribution in [0.1, 0.15) is 52.2 Å². The van der Waals surface area contributed by atoms with Crippen LogP contribution in [0.3, 0.4) is 0 Å². The van der Waals surface area contributed by atoms with Crippen LogP contribution in [-0.4, -0.2) is 18.2 Å². The van der Waals surface area contributed by atoms with Gasteiger partial charge in [-0.05, 0) is 69.2 Å². The van der Waals surface area contributed by atoms with Crippen molar-refractivity contribution < 1.29 is 9.53 Å². The predicted octanol–water partition coefficient (Wildman–Crippen LogP) is 3.97. The number of amides is 1. The normalized spacial score (nSPS) is 16.8. The topological polar surface area (TPSA) is 81.6 Å². The van der Waals surface area contributed by atoms with E-state index in [1.165, 1.54) is 17.3 Å². The highest BCUT2D eigenvalue weighted by molar-refractivity contribution is 5.91. The maximum atomic E-state index is 12.6. The molecule has 0 aliphatic carbocycles. The average Bonchev–Trinajstić information content (AvgIpc) is 2.81. The van der Waals surface area contributed by atoms with Crippen LogP contribution in [0.2, 0.25) is 0 Å². The zero-order valence-electron chi connectivity index (χ0n) is 16.5. The molecule has 0 aromatic heterocycles. The minimum absolute atomic E-state index is 0.119. The van der Waals surface area contributed by atoms with Gasteiger partial charge in [-0.2, -0.15) is 0 Å². The third-order valence-corrected chi connectivity index (χ3v) is 4.37. The molecule has 0 unspecified atom stereocenters. The monoisotopic (exact) mass is 357 g/mol. The molecule has 5 nitrogen and oxygen atoms in total. The van der Waals surface area contributed by atoms with Gasteiger partial charge in [0.25, 0.3) is 0 Å². The summed E-state index contributed by atoms with van der Waals surface area (Å²) in [5, 5.41) is 0. The number of hydrogen-bond acceptors (Lipinski definition) is 4. The largest absolute Gasteiger partial charge is 0.443 e. The molecule has 0 fully saturated rings. The van der Waals surface area contributed by atoms with E-state index < -0.39 is 5.60 Å². The SMILES string of the molecule is CC(C)(C)OC(=O)N1CC(C)(C)c2cc(CC/C(N)=C/C=C\N)ccc21. The minimum Gasteiger partial charge on any atom is -0.443 e. The average molecular weight is 357 g/mol. The lowest BCUT2D eigenvalue weighted by molar-refractivity contribution is 0.0579. The Morgan fingerprint density at radius 2 is 2.04 bits per heavy atom. The molecular formula is C21H31N3O2. The summed E-state index contributed by atoms with van der Waals surface area (Å²) < 4.78 is 5.56. The molecule has 1 amide bonds. The van der Waals surface area contributed by atoms with Crippen LogP contribution in [0, 0.1) is 0 Å². The van der Waals surface area contributed by atoms with Crippen molar-refractivity contribution in [3.8, 4) is 0 Å². The van der Waals surface area contributed by atoms with Gasteiger partial charge in [0.15, 0.2) is 0 Å². The van der Waals surface area contributed by atoms with Crippen LogP contribution in [-0.2, 0) is 16.6 Å². The van der Waals surface area contributed by atoms with Gasteiger partial charge in [-0.1, -0.05) is 26.0 Å². The van der Waals surface area contributed by atoms with E-state index in [4.69, 9.17) is 16.2 Å². The first-order chi connectivity index (χ1) is 12.0. The molecule has 2 rings (SSSR count). The fourth-order valence-corrected chi connectivity index (χ4v) is 3.11. The van der Waals surface area contributed by atoms with Crippen LogP contribution < -0.4 is 16.4 Å². The van der Waals surface area contributed by atoms with Crippen molar-refractivity contribution >= 4 is 11.8 Å². The molecule has 0 saturated heterocycles. The van der Waals surface area contributed by atoms with Gasteiger partial charge in [-0.3, -0.25) is 4.90 Å². The quantitative estimate of drug-likeness (QED) is 0.799. The molecule has 4 N–H and O–H groups in total. The van der Waals surface area contributed by atoms with E-state index >= 15 is 0 Å². The Kier molecular flexibility index (Phi) is 5.69. The smallest absolute Gasteiger partial charge is 0.414 e. The molecule has 0 bridgehead atoms. The number of carbonyl (C=O) groups is 1. The van der Waals surface area contributed by atoms with E-state index in [-0.39, 0.29) is 11.5 Å². The maximum Gasteiger partial charge on any atom is 0.414 e. The molecule has 1 heterocycles. The van der Waals surface area contributed by atoms with E-state index in [0.29, 0.717) is 6.54 Å². The van der Waals surface area contributed by atoms with Gasteiger partial charge in [0.05, 0.1) is 5.69 Å². The third-order valence-electron chi connectivity index (χ3n) is 4.37. The summed E-state index contributed by atoms with van der Waals surface area (Å²) in [5.41, 5.74) is 14.8. The minimum atomic E-state index is -0.508. The summed E-state index contributed by atoms with van der Waals surface area (Å²) in [6, 6.07) is 6.26. The van der Waals surface area contributed by atoms with Crippen LogP contribution in [0.5, 0.6) is 0 Å². The second-order valence-electron chi connectivity index (χ2n) is 8.43. The number of nitrogens with zero attached hydrogens (tertiary/aromatic N) is 1. The van der Waals surface area contributed by atoms with Crippen molar-refractivity contribution in [1.82, 2.24) is 0 Å². The highest BCUT2D eigenvalue weighted by Gasteiger charge is 2.39. The molecule has 0 spiro atoms. The van der Waals surface area contributed by atoms with E-state index in [1.807, 2.05) is 32.9 Å². The molecule has 1 aromatic carbocycles. The Labute approximate surface area is 156 Å². The van der Waals surface area contributed by atoms with E-state index in [0.717, 1.165) is 24.2 Å². The number of benzene rings is 1. The van der Waals surface area contributed by atoms with Crippen molar-refractivity contribution in [2.24, 2.45) is 11.5 Å². The summed E-state index contributed by atoms with van der Waals surface area (Å²) in [6.45, 7) is 10.6. The van der Waals surface area contributed by atoms with Crippen molar-refractivity contribution in [2.45, 2.75) is 58.5 Å². The van der Waals surface area contributed by atoms with Crippen LogP contribution in [0.25, 0.3) is 0 Å². The first-order valence-electron chi connectivity index (χ1n) is 9.00. The molecule has 142 valence electrons. The fraction of sp³-hybridized carbons (Fsp3) is 0.476. The Morgan fingerprint density at radius 3 is 2.65 bits per heavy atom. The van der Waals surface area contributed by atoms with Crippen molar-refractivity contribution in [3.05, 3.63) is 53.4 Å². The third kappa shape index (κ3) is 4.81. The number of carbonyl (C=O) groups excluding carboxylic acids is 1. The van der Waals surface area contributed by atoms with Gasteiger partial charge in [0, 0.05) is 17.7 Å². The second-order valence-corrected chi connectivity index (χ2v) is 8.43. The van der Waals surface area contributed by atoms with Crippen molar-refractivity contribution in [1.29, 1.82) is 0 Å². The van der Waals surface area contributed by atoms with Gasteiger partial charge in [-0.25, -0.2) is 4.79 Å². The lowest BCUT2D eigenvalue weighted by atomic mass is 9.85. The lowest BCUT2D eigenvalue weighted by Crippen LogP contribution is -2.38. The zero-order chi connectivity index (χ0) is 19.5. The van der Waals surface area contributed by atoms with Gasteiger partial charge in [0.1, 0.15) is 5.60 Å². The van der Waals surface area contributed by atoms with Crippen LogP contribution >= 0.6 is 0 Å². The number of ether oxygens (including phenoxy) is 1. The molecule has 1 aromatic rings. The summed E-state index contributed by atoms with van der Waals surface area (Å²) in [5.74, 6) is 0. The highest BCUT2D eigenvalue weighted by atomic mass is 16.6. The van der Waals surface area contributed by atoms with Crippen molar-refractivity contribution in [2.75, 3.05) is 11.4 Å². The molecular weight excluding hydrogens is 326 g/mol. The van der Waals surface area contributed by atoms with E-state index in [9.17, 15) is 4.79 Å². The first-order valence-corrected chi connectivity index (χ1v) is 9.00. The number of allylic oxidation sites excluding steroid dienone is 3. The van der Waals surface area contributed by atoms with Gasteiger partial charge in [-0.15, -0.1) is 0 Å². The Balaban J connectivity index is 2.20. The first kappa shape index (κ1) is 19.9. The molecule has 5 heteroatoms. The number of hydrogen-bond donors (Lipinski definition) is 2. The molecule has 0 atom stereocenters. The highest BCUT2D eigenvalue weighted by Crippen LogP contribution is 2.41. The number of rotatable bonds is 4. The van der Waals surface area contributed by atoms with Crippen LogP contribution in [0.15, 0.2) is 42.2 Å². The number of nitrogens with two attached hydrogens (primary N) is 2. The Bertz CT molecular complexity index is 727. The number of fused-ring (bicyclic) bond motifs is 1. The zero-order valence-corrected chi connectivity index (χ0v) is 16.5. The molecule has 1 aliphatic heterocycles. The number of aryl methyl sites for hydroxylation is 1. The van der Waals surface area contributed by atoms with E-state index in [1.54, 1.807) is 11.0 Å².